The molecule has 1 N–H and O–H groups in total. The Labute approximate surface area is 189 Å². The Morgan fingerprint density at radius 3 is 2.64 bits per heavy atom. The third-order valence-electron chi connectivity index (χ3n) is 4.67. The molecular formula is C22H21F2N3O5S. The minimum atomic E-state index is -3.38. The largest absolute Gasteiger partial charge is 0.495 e. The number of nitrogens with one attached hydrogen (secondary N) is 1. The number of rotatable bonds is 7. The lowest BCUT2D eigenvalue weighted by atomic mass is 10.1. The lowest BCUT2D eigenvalue weighted by Crippen LogP contribution is -2.06. The number of alkyl halides is 2. The molecule has 33 heavy (non-hydrogen) atoms. The zero-order chi connectivity index (χ0) is 24.2. The molecule has 0 aliphatic heterocycles. The first-order valence-corrected chi connectivity index (χ1v) is 11.5. The molecule has 0 amide bonds. The van der Waals surface area contributed by atoms with Gasteiger partial charge in [0.2, 0.25) is 0 Å². The minimum absolute atomic E-state index is 0.123. The van der Waals surface area contributed by atoms with Gasteiger partial charge < -0.3 is 19.4 Å². The molecule has 0 unspecified atom stereocenters. The topological polar surface area (TPSA) is 99.5 Å². The van der Waals surface area contributed by atoms with Crippen molar-refractivity contribution in [2.75, 3.05) is 32.3 Å². The number of ether oxygens (including phenoxy) is 2. The van der Waals surface area contributed by atoms with Gasteiger partial charge in [-0.3, -0.25) is 0 Å². The molecule has 0 radical (unpaired) electrons. The van der Waals surface area contributed by atoms with E-state index in [4.69, 9.17) is 9.47 Å². The van der Waals surface area contributed by atoms with Crippen LogP contribution in [-0.4, -0.2) is 57.4 Å². The smallest absolute Gasteiger partial charge is 0.340 e. The number of hydrogen-bond acceptors (Lipinski definition) is 7. The summed E-state index contributed by atoms with van der Waals surface area (Å²) < 4.78 is 60.5. The number of hydrogen-bond donors (Lipinski definition) is 1. The minimum Gasteiger partial charge on any atom is -0.495 e. The second-order valence-electron chi connectivity index (χ2n) is 6.96. The van der Waals surface area contributed by atoms with Crippen LogP contribution in [0.1, 0.15) is 15.9 Å². The number of halogens is 2. The summed E-state index contributed by atoms with van der Waals surface area (Å²) >= 11 is 0. The molecule has 0 fully saturated rings. The first kappa shape index (κ1) is 24.0. The van der Waals surface area contributed by atoms with Crippen molar-refractivity contribution in [1.29, 1.82) is 0 Å². The molecule has 3 aromatic rings. The number of nitrogens with zero attached hydrogens (tertiary/aromatic N) is 2. The lowest BCUT2D eigenvalue weighted by Gasteiger charge is -2.10. The Bertz CT molecular complexity index is 1360. The van der Waals surface area contributed by atoms with Crippen LogP contribution < -0.4 is 10.1 Å². The van der Waals surface area contributed by atoms with E-state index in [0.29, 0.717) is 22.5 Å². The Morgan fingerprint density at radius 1 is 1.24 bits per heavy atom. The van der Waals surface area contributed by atoms with Crippen LogP contribution in [0, 0.1) is 11.8 Å². The number of fused-ring (bicyclic) bond motifs is 1. The fraction of sp³-hybridized carbons (Fsp3) is 0.273. The van der Waals surface area contributed by atoms with Crippen LogP contribution in [0.4, 0.5) is 14.5 Å². The molecule has 0 aliphatic carbocycles. The second kappa shape index (κ2) is 9.87. The average Bonchev–Trinajstić information content (AvgIpc) is 3.16. The molecule has 1 heterocycles. The third-order valence-corrected chi connectivity index (χ3v) is 5.78. The lowest BCUT2D eigenvalue weighted by molar-refractivity contribution is 0.0602. The van der Waals surface area contributed by atoms with Gasteiger partial charge in [0, 0.05) is 17.9 Å². The van der Waals surface area contributed by atoms with Crippen molar-refractivity contribution in [2.45, 2.75) is 17.9 Å². The number of sulfone groups is 1. The molecule has 0 saturated heterocycles. The zero-order valence-corrected chi connectivity index (χ0v) is 18.9. The van der Waals surface area contributed by atoms with Crippen LogP contribution in [0.15, 0.2) is 41.6 Å². The van der Waals surface area contributed by atoms with Gasteiger partial charge in [-0.15, -0.1) is 0 Å². The van der Waals surface area contributed by atoms with E-state index in [-0.39, 0.29) is 22.5 Å². The van der Waals surface area contributed by atoms with Crippen molar-refractivity contribution in [3.8, 4) is 17.6 Å². The van der Waals surface area contributed by atoms with Crippen molar-refractivity contribution >= 4 is 32.5 Å². The van der Waals surface area contributed by atoms with Gasteiger partial charge in [-0.05, 0) is 24.3 Å². The van der Waals surface area contributed by atoms with Crippen LogP contribution in [0.3, 0.4) is 0 Å². The number of carbonyl (C=O) groups is 1. The number of carbonyl (C=O) groups excluding carboxylic acids is 1. The van der Waals surface area contributed by atoms with E-state index in [2.05, 4.69) is 22.1 Å². The van der Waals surface area contributed by atoms with Crippen LogP contribution >= 0.6 is 0 Å². The molecule has 3 rings (SSSR count). The fourth-order valence-corrected chi connectivity index (χ4v) is 3.77. The highest BCUT2D eigenvalue weighted by atomic mass is 32.2. The zero-order valence-electron chi connectivity index (χ0n) is 18.1. The maximum absolute atomic E-state index is 12.9. The van der Waals surface area contributed by atoms with E-state index in [1.807, 2.05) is 0 Å². The molecular weight excluding hydrogens is 456 g/mol. The fourth-order valence-electron chi connectivity index (χ4n) is 3.13. The van der Waals surface area contributed by atoms with E-state index < -0.39 is 28.8 Å². The summed E-state index contributed by atoms with van der Waals surface area (Å²) in [6.07, 6.45) is -0.242. The Hall–Kier alpha value is -3.65. The van der Waals surface area contributed by atoms with E-state index in [9.17, 15) is 22.0 Å². The number of imidazole rings is 1. The van der Waals surface area contributed by atoms with Crippen molar-refractivity contribution in [2.24, 2.45) is 0 Å². The molecule has 1 aromatic heterocycles. The van der Waals surface area contributed by atoms with Gasteiger partial charge in [0.05, 0.1) is 55.3 Å². The number of anilines is 1. The maximum Gasteiger partial charge on any atom is 0.340 e. The predicted molar refractivity (Wildman–Crippen MR) is 119 cm³/mol. The summed E-state index contributed by atoms with van der Waals surface area (Å²) in [7, 11) is -0.740. The number of esters is 1. The SMILES string of the molecule is COC(=O)c1cc(C#CCNc2ccc(S(C)(=O)=O)cc2OC)cc2c1ncn2CC(F)F. The monoisotopic (exact) mass is 477 g/mol. The molecule has 8 nitrogen and oxygen atoms in total. The van der Waals surface area contributed by atoms with Gasteiger partial charge in [0.1, 0.15) is 11.3 Å². The van der Waals surface area contributed by atoms with Gasteiger partial charge in [0.25, 0.3) is 6.43 Å². The second-order valence-corrected chi connectivity index (χ2v) is 8.98. The van der Waals surface area contributed by atoms with Crippen LogP contribution in [0.25, 0.3) is 11.0 Å². The van der Waals surface area contributed by atoms with E-state index in [1.165, 1.54) is 43.3 Å². The molecule has 0 spiro atoms. The van der Waals surface area contributed by atoms with Crippen molar-refractivity contribution in [1.82, 2.24) is 9.55 Å². The molecule has 2 aromatic carbocycles. The number of aromatic nitrogens is 2. The van der Waals surface area contributed by atoms with Crippen LogP contribution in [0.5, 0.6) is 5.75 Å². The van der Waals surface area contributed by atoms with Gasteiger partial charge in [-0.25, -0.2) is 27.0 Å². The Kier molecular flexibility index (Phi) is 7.18. The van der Waals surface area contributed by atoms with Crippen molar-refractivity contribution in [3.63, 3.8) is 0 Å². The summed E-state index contributed by atoms with van der Waals surface area (Å²) in [6, 6.07) is 7.50. The molecule has 174 valence electrons. The predicted octanol–water partition coefficient (Wildman–Crippen LogP) is 2.96. The molecule has 0 atom stereocenters. The maximum atomic E-state index is 12.9. The Balaban J connectivity index is 1.87. The van der Waals surface area contributed by atoms with Gasteiger partial charge in [-0.1, -0.05) is 11.8 Å². The summed E-state index contributed by atoms with van der Waals surface area (Å²) in [4.78, 5) is 16.4. The highest BCUT2D eigenvalue weighted by Crippen LogP contribution is 2.27. The van der Waals surface area contributed by atoms with Crippen LogP contribution in [-0.2, 0) is 21.1 Å². The third kappa shape index (κ3) is 5.59. The van der Waals surface area contributed by atoms with Gasteiger partial charge in [-0.2, -0.15) is 0 Å². The highest BCUT2D eigenvalue weighted by Gasteiger charge is 2.17. The summed E-state index contributed by atoms with van der Waals surface area (Å²) in [6.45, 7) is -0.407. The van der Waals surface area contributed by atoms with Gasteiger partial charge >= 0.3 is 5.97 Å². The van der Waals surface area contributed by atoms with Crippen molar-refractivity contribution in [3.05, 3.63) is 47.8 Å². The quantitative estimate of drug-likeness (QED) is 0.413. The summed E-state index contributed by atoms with van der Waals surface area (Å²) in [5, 5.41) is 3.03. The molecule has 0 bridgehead atoms. The Morgan fingerprint density at radius 2 is 2.00 bits per heavy atom. The first-order valence-electron chi connectivity index (χ1n) is 9.60. The van der Waals surface area contributed by atoms with E-state index >= 15 is 0 Å². The van der Waals surface area contributed by atoms with E-state index in [0.717, 1.165) is 6.26 Å². The van der Waals surface area contributed by atoms with Gasteiger partial charge in [0.15, 0.2) is 9.84 Å². The molecule has 11 heteroatoms. The standard InChI is InChI=1S/C22H21F2N3O5S/c1-31-19-11-15(33(3,29)30)6-7-17(19)25-8-4-5-14-9-16(22(28)32-2)21-18(10-14)27(13-26-21)12-20(23)24/h6-7,9-11,13,20,25H,8,12H2,1-3H3. The number of benzene rings is 2. The van der Waals surface area contributed by atoms with Crippen molar-refractivity contribution < 1.29 is 31.5 Å². The van der Waals surface area contributed by atoms with E-state index in [1.54, 1.807) is 12.1 Å². The molecule has 0 saturated carbocycles. The summed E-state index contributed by atoms with van der Waals surface area (Å²) in [5.74, 6) is 5.45. The average molecular weight is 477 g/mol. The molecule has 0 aliphatic rings. The summed E-state index contributed by atoms with van der Waals surface area (Å²) in [5.41, 5.74) is 1.67. The number of methoxy groups -OCH3 is 2. The highest BCUT2D eigenvalue weighted by molar-refractivity contribution is 7.90. The van der Waals surface area contributed by atoms with Crippen LogP contribution in [0.2, 0.25) is 0 Å². The first-order chi connectivity index (χ1) is 15.6. The normalized spacial score (nSPS) is 11.2.